The van der Waals surface area contributed by atoms with Crippen LogP contribution in [0.2, 0.25) is 5.02 Å². The number of nitrogens with one attached hydrogen (secondary N) is 1. The lowest BCUT2D eigenvalue weighted by Crippen LogP contribution is -2.44. The van der Waals surface area contributed by atoms with Gasteiger partial charge < -0.3 is 14.8 Å². The van der Waals surface area contributed by atoms with Gasteiger partial charge in [0.05, 0.1) is 5.02 Å². The molecule has 19 heavy (non-hydrogen) atoms. The van der Waals surface area contributed by atoms with Gasteiger partial charge in [-0.15, -0.1) is 0 Å². The summed E-state index contributed by atoms with van der Waals surface area (Å²) in [5.74, 6) is 0.0762. The second-order valence-electron chi connectivity index (χ2n) is 5.13. The van der Waals surface area contributed by atoms with Crippen LogP contribution < -0.4 is 5.32 Å². The van der Waals surface area contributed by atoms with Crippen molar-refractivity contribution in [3.63, 3.8) is 0 Å². The zero-order valence-electron chi connectivity index (χ0n) is 11.7. The number of amides is 1. The van der Waals surface area contributed by atoms with Crippen LogP contribution in [0.1, 0.15) is 36.7 Å². The van der Waals surface area contributed by atoms with E-state index in [2.05, 4.69) is 12.2 Å². The minimum atomic E-state index is 0.0762. The molecule has 0 unspecified atom stereocenters. The quantitative estimate of drug-likeness (QED) is 0.921. The van der Waals surface area contributed by atoms with Gasteiger partial charge >= 0.3 is 0 Å². The Morgan fingerprint density at radius 2 is 2.21 bits per heavy atom. The number of aromatic nitrogens is 1. The molecule has 0 aliphatic carbocycles. The molecule has 0 radical (unpaired) electrons. The first-order chi connectivity index (χ1) is 9.13. The largest absolute Gasteiger partial charge is 0.342 e. The van der Waals surface area contributed by atoms with Crippen LogP contribution in [0.25, 0.3) is 0 Å². The van der Waals surface area contributed by atoms with Gasteiger partial charge in [-0.25, -0.2) is 0 Å². The van der Waals surface area contributed by atoms with E-state index in [1.54, 1.807) is 6.07 Å². The van der Waals surface area contributed by atoms with Crippen molar-refractivity contribution >= 4 is 17.5 Å². The van der Waals surface area contributed by atoms with Crippen LogP contribution in [0.15, 0.2) is 12.3 Å². The van der Waals surface area contributed by atoms with E-state index >= 15 is 0 Å². The highest BCUT2D eigenvalue weighted by molar-refractivity contribution is 6.31. The van der Waals surface area contributed by atoms with Crippen LogP contribution in [0.3, 0.4) is 0 Å². The lowest BCUT2D eigenvalue weighted by Gasteiger charge is -2.31. The lowest BCUT2D eigenvalue weighted by molar-refractivity contribution is 0.0692. The number of hydrogen-bond acceptors (Lipinski definition) is 2. The Kier molecular flexibility index (Phi) is 4.88. The number of aryl methyl sites for hydroxylation is 1. The van der Waals surface area contributed by atoms with Gasteiger partial charge in [-0.05, 0) is 38.4 Å². The van der Waals surface area contributed by atoms with Crippen molar-refractivity contribution in [3.8, 4) is 0 Å². The predicted molar refractivity (Wildman–Crippen MR) is 77.7 cm³/mol. The van der Waals surface area contributed by atoms with Crippen molar-refractivity contribution < 1.29 is 4.79 Å². The summed E-state index contributed by atoms with van der Waals surface area (Å²) in [7, 11) is 1.90. The Bertz CT molecular complexity index is 438. The van der Waals surface area contributed by atoms with Crippen LogP contribution in [-0.4, -0.2) is 41.6 Å². The van der Waals surface area contributed by atoms with Gasteiger partial charge in [-0.1, -0.05) is 18.5 Å². The van der Waals surface area contributed by atoms with Crippen LogP contribution in [0.5, 0.6) is 0 Å². The molecule has 1 aromatic rings. The van der Waals surface area contributed by atoms with Crippen molar-refractivity contribution in [2.24, 2.45) is 0 Å². The number of carbonyl (C=O) groups excluding carboxylic acids is 1. The number of piperidine rings is 1. The fourth-order valence-electron chi connectivity index (χ4n) is 2.62. The molecule has 5 heteroatoms. The number of rotatable bonds is 4. The number of nitrogens with zero attached hydrogens (tertiary/aromatic N) is 2. The van der Waals surface area contributed by atoms with E-state index in [4.69, 9.17) is 11.6 Å². The molecule has 2 heterocycles. The van der Waals surface area contributed by atoms with E-state index < -0.39 is 0 Å². The summed E-state index contributed by atoms with van der Waals surface area (Å²) in [4.78, 5) is 14.5. The third kappa shape index (κ3) is 3.31. The maximum absolute atomic E-state index is 12.6. The summed E-state index contributed by atoms with van der Waals surface area (Å²) in [5, 5.41) is 3.95. The Morgan fingerprint density at radius 1 is 1.53 bits per heavy atom. The molecule has 0 aromatic carbocycles. The molecule has 1 N–H and O–H groups in total. The van der Waals surface area contributed by atoms with Crippen molar-refractivity contribution in [1.29, 1.82) is 0 Å². The Labute approximate surface area is 119 Å². The second kappa shape index (κ2) is 6.44. The third-order valence-corrected chi connectivity index (χ3v) is 3.93. The van der Waals surface area contributed by atoms with Crippen LogP contribution in [-0.2, 0) is 6.54 Å². The SMILES string of the molecule is CCCn1cc(Cl)cc1C(=O)N(C)C1CCNCC1. The Balaban J connectivity index is 2.13. The summed E-state index contributed by atoms with van der Waals surface area (Å²) in [6.45, 7) is 4.89. The van der Waals surface area contributed by atoms with Gasteiger partial charge in [0.25, 0.3) is 5.91 Å². The summed E-state index contributed by atoms with van der Waals surface area (Å²) in [5.41, 5.74) is 0.702. The molecular weight excluding hydrogens is 262 g/mol. The van der Waals surface area contributed by atoms with Crippen molar-refractivity contribution in [3.05, 3.63) is 23.0 Å². The minimum absolute atomic E-state index is 0.0762. The van der Waals surface area contributed by atoms with Gasteiger partial charge in [-0.3, -0.25) is 4.79 Å². The summed E-state index contributed by atoms with van der Waals surface area (Å²) in [6.07, 6.45) is 4.87. The topological polar surface area (TPSA) is 37.3 Å². The summed E-state index contributed by atoms with van der Waals surface area (Å²) >= 11 is 6.03. The summed E-state index contributed by atoms with van der Waals surface area (Å²) < 4.78 is 1.96. The van der Waals surface area contributed by atoms with E-state index in [0.29, 0.717) is 16.8 Å². The molecule has 106 valence electrons. The molecule has 1 aliphatic heterocycles. The number of halogens is 1. The third-order valence-electron chi connectivity index (χ3n) is 3.72. The number of carbonyl (C=O) groups is 1. The van der Waals surface area contributed by atoms with E-state index in [9.17, 15) is 4.79 Å². The molecule has 2 rings (SSSR count). The Morgan fingerprint density at radius 3 is 2.84 bits per heavy atom. The number of hydrogen-bond donors (Lipinski definition) is 1. The van der Waals surface area contributed by atoms with Crippen molar-refractivity contribution in [2.75, 3.05) is 20.1 Å². The fourth-order valence-corrected chi connectivity index (χ4v) is 2.84. The van der Waals surface area contributed by atoms with Crippen molar-refractivity contribution in [1.82, 2.24) is 14.8 Å². The highest BCUT2D eigenvalue weighted by Crippen LogP contribution is 2.19. The molecule has 1 fully saturated rings. The zero-order chi connectivity index (χ0) is 13.8. The second-order valence-corrected chi connectivity index (χ2v) is 5.57. The van der Waals surface area contributed by atoms with Gasteiger partial charge in [0.1, 0.15) is 5.69 Å². The molecule has 0 saturated carbocycles. The first-order valence-electron chi connectivity index (χ1n) is 6.97. The predicted octanol–water partition coefficient (Wildman–Crippen LogP) is 2.38. The van der Waals surface area contributed by atoms with Crippen LogP contribution >= 0.6 is 11.6 Å². The molecule has 0 atom stereocenters. The maximum atomic E-state index is 12.6. The maximum Gasteiger partial charge on any atom is 0.270 e. The molecule has 1 aliphatic rings. The smallest absolute Gasteiger partial charge is 0.270 e. The molecule has 0 bridgehead atoms. The average Bonchev–Trinajstić information content (AvgIpc) is 2.79. The Hall–Kier alpha value is -1.00. The zero-order valence-corrected chi connectivity index (χ0v) is 12.4. The van der Waals surface area contributed by atoms with Crippen LogP contribution in [0.4, 0.5) is 0 Å². The van der Waals surface area contributed by atoms with Gasteiger partial charge in [0.15, 0.2) is 0 Å². The first kappa shape index (κ1) is 14.4. The molecule has 1 saturated heterocycles. The van der Waals surface area contributed by atoms with Gasteiger partial charge in [-0.2, -0.15) is 0 Å². The summed E-state index contributed by atoms with van der Waals surface area (Å²) in [6, 6.07) is 2.11. The van der Waals surface area contributed by atoms with E-state index in [1.165, 1.54) is 0 Å². The highest BCUT2D eigenvalue weighted by Gasteiger charge is 2.24. The highest BCUT2D eigenvalue weighted by atomic mass is 35.5. The van der Waals surface area contributed by atoms with Gasteiger partial charge in [0, 0.05) is 25.8 Å². The van der Waals surface area contributed by atoms with E-state index in [-0.39, 0.29) is 5.91 Å². The van der Waals surface area contributed by atoms with Crippen LogP contribution in [0, 0.1) is 0 Å². The molecular formula is C14H22ClN3O. The molecule has 0 spiro atoms. The monoisotopic (exact) mass is 283 g/mol. The lowest BCUT2D eigenvalue weighted by atomic mass is 10.1. The van der Waals surface area contributed by atoms with Crippen molar-refractivity contribution in [2.45, 2.75) is 38.8 Å². The van der Waals surface area contributed by atoms with Gasteiger partial charge in [0.2, 0.25) is 0 Å². The average molecular weight is 284 g/mol. The normalized spacial score (nSPS) is 16.6. The van der Waals surface area contributed by atoms with E-state index in [0.717, 1.165) is 38.9 Å². The minimum Gasteiger partial charge on any atom is -0.342 e. The molecule has 1 aromatic heterocycles. The first-order valence-corrected chi connectivity index (χ1v) is 7.34. The molecule has 1 amide bonds. The fraction of sp³-hybridized carbons (Fsp3) is 0.643. The standard InChI is InChI=1S/C14H22ClN3O/c1-3-8-18-10-11(15)9-13(18)14(19)17(2)12-4-6-16-7-5-12/h9-10,12,16H,3-8H2,1-2H3. The molecule has 4 nitrogen and oxygen atoms in total. The van der Waals surface area contributed by atoms with E-state index in [1.807, 2.05) is 22.7 Å².